The highest BCUT2D eigenvalue weighted by atomic mass is 32.2. The molecule has 0 aromatic heterocycles. The van der Waals surface area contributed by atoms with Crippen molar-refractivity contribution in [3.8, 4) is 0 Å². The van der Waals surface area contributed by atoms with Crippen molar-refractivity contribution in [2.45, 2.75) is 45.4 Å². The molecular weight excluding hydrogens is 374 g/mol. The summed E-state index contributed by atoms with van der Waals surface area (Å²) in [5.74, 6) is -0.115. The minimum absolute atomic E-state index is 0.119. The topological polar surface area (TPSA) is 60.9 Å². The predicted molar refractivity (Wildman–Crippen MR) is 111 cm³/mol. The van der Waals surface area contributed by atoms with E-state index < -0.39 is 10.0 Å². The lowest BCUT2D eigenvalue weighted by Gasteiger charge is -2.38. The molecular formula is C21H33N3O3S. The number of hydrogen-bond donors (Lipinski definition) is 0. The molecule has 0 radical (unpaired) electrons. The van der Waals surface area contributed by atoms with Gasteiger partial charge in [-0.15, -0.1) is 0 Å². The number of likely N-dealkylation sites (N-methyl/N-ethyl adjacent to an activating group) is 1. The molecule has 0 N–H and O–H groups in total. The van der Waals surface area contributed by atoms with E-state index in [0.717, 1.165) is 62.3 Å². The Labute approximate surface area is 169 Å². The van der Waals surface area contributed by atoms with Crippen molar-refractivity contribution in [3.63, 3.8) is 0 Å². The van der Waals surface area contributed by atoms with E-state index in [0.29, 0.717) is 18.0 Å². The molecule has 0 bridgehead atoms. The fourth-order valence-corrected chi connectivity index (χ4v) is 6.54. The van der Waals surface area contributed by atoms with Gasteiger partial charge in [0.2, 0.25) is 15.9 Å². The molecule has 28 heavy (non-hydrogen) atoms. The first kappa shape index (κ1) is 21.3. The van der Waals surface area contributed by atoms with Gasteiger partial charge in [-0.1, -0.05) is 24.6 Å². The Morgan fingerprint density at radius 3 is 2.21 bits per heavy atom. The van der Waals surface area contributed by atoms with Gasteiger partial charge in [0.05, 0.1) is 10.8 Å². The number of aryl methyl sites for hydroxylation is 3. The zero-order chi connectivity index (χ0) is 20.5. The first-order valence-corrected chi connectivity index (χ1v) is 11.8. The van der Waals surface area contributed by atoms with E-state index in [9.17, 15) is 13.2 Å². The van der Waals surface area contributed by atoms with Crippen LogP contribution < -0.4 is 0 Å². The number of carbonyl (C=O) groups excluding carboxylic acids is 1. The van der Waals surface area contributed by atoms with Gasteiger partial charge in [0.25, 0.3) is 0 Å². The van der Waals surface area contributed by atoms with Crippen LogP contribution in [-0.4, -0.2) is 74.2 Å². The summed E-state index contributed by atoms with van der Waals surface area (Å²) in [7, 11) is -3.60. The number of carbonyl (C=O) groups is 1. The van der Waals surface area contributed by atoms with Crippen LogP contribution in [0.4, 0.5) is 0 Å². The molecule has 0 saturated carbocycles. The number of hydrogen-bond acceptors (Lipinski definition) is 4. The molecule has 156 valence electrons. The molecule has 7 heteroatoms. The number of amides is 1. The zero-order valence-corrected chi connectivity index (χ0v) is 18.4. The van der Waals surface area contributed by atoms with Crippen molar-refractivity contribution in [1.29, 1.82) is 0 Å². The Kier molecular flexibility index (Phi) is 6.47. The lowest BCUT2D eigenvalue weighted by molar-refractivity contribution is -0.138. The van der Waals surface area contributed by atoms with E-state index in [1.165, 1.54) is 4.31 Å². The Bertz CT molecular complexity index is 806. The van der Waals surface area contributed by atoms with Crippen molar-refractivity contribution < 1.29 is 13.2 Å². The minimum Gasteiger partial charge on any atom is -0.340 e. The molecule has 2 heterocycles. The maximum Gasteiger partial charge on any atom is 0.243 e. The van der Waals surface area contributed by atoms with Crippen LogP contribution in [0.2, 0.25) is 0 Å². The van der Waals surface area contributed by atoms with Crippen LogP contribution in [0.5, 0.6) is 0 Å². The standard InChI is InChI=1S/C21H33N3O3S/c1-5-22-9-11-23(12-10-22)21(25)19-7-6-8-24(15-19)28(26,27)20-17(3)13-16(2)14-18(20)4/h13-14,19H,5-12,15H2,1-4H3/t19-/m1/s1. The lowest BCUT2D eigenvalue weighted by Crippen LogP contribution is -2.52. The van der Waals surface area contributed by atoms with Gasteiger partial charge in [-0.2, -0.15) is 4.31 Å². The van der Waals surface area contributed by atoms with Gasteiger partial charge in [-0.05, 0) is 51.3 Å². The summed E-state index contributed by atoms with van der Waals surface area (Å²) in [5.41, 5.74) is 2.62. The van der Waals surface area contributed by atoms with Gasteiger partial charge in [0, 0.05) is 39.3 Å². The van der Waals surface area contributed by atoms with Crippen molar-refractivity contribution in [1.82, 2.24) is 14.1 Å². The Morgan fingerprint density at radius 2 is 1.64 bits per heavy atom. The Hall–Kier alpha value is -1.44. The zero-order valence-electron chi connectivity index (χ0n) is 17.6. The summed E-state index contributed by atoms with van der Waals surface area (Å²) in [4.78, 5) is 17.7. The molecule has 3 rings (SSSR count). The number of piperidine rings is 1. The average molecular weight is 408 g/mol. The van der Waals surface area contributed by atoms with Crippen molar-refractivity contribution in [2.75, 3.05) is 45.8 Å². The van der Waals surface area contributed by atoms with Crippen molar-refractivity contribution >= 4 is 15.9 Å². The number of nitrogens with zero attached hydrogens (tertiary/aromatic N) is 3. The van der Waals surface area contributed by atoms with Gasteiger partial charge in [0.15, 0.2) is 0 Å². The maximum atomic E-state index is 13.4. The quantitative estimate of drug-likeness (QED) is 0.768. The predicted octanol–water partition coefficient (Wildman–Crippen LogP) is 2.18. The summed E-state index contributed by atoms with van der Waals surface area (Å²) >= 11 is 0. The van der Waals surface area contributed by atoms with Crippen LogP contribution >= 0.6 is 0 Å². The molecule has 0 aliphatic carbocycles. The summed E-state index contributed by atoms with van der Waals surface area (Å²) in [6.07, 6.45) is 1.50. The number of benzene rings is 1. The highest BCUT2D eigenvalue weighted by molar-refractivity contribution is 7.89. The fraction of sp³-hybridized carbons (Fsp3) is 0.667. The van der Waals surface area contributed by atoms with Gasteiger partial charge in [-0.3, -0.25) is 4.79 Å². The summed E-state index contributed by atoms with van der Waals surface area (Å²) in [5, 5.41) is 0. The van der Waals surface area contributed by atoms with E-state index in [1.54, 1.807) is 0 Å². The largest absolute Gasteiger partial charge is 0.340 e. The molecule has 0 spiro atoms. The lowest BCUT2D eigenvalue weighted by atomic mass is 9.98. The molecule has 2 fully saturated rings. The minimum atomic E-state index is -3.60. The van der Waals surface area contributed by atoms with Crippen molar-refractivity contribution in [3.05, 3.63) is 28.8 Å². The van der Waals surface area contributed by atoms with Gasteiger partial charge in [0.1, 0.15) is 0 Å². The monoisotopic (exact) mass is 407 g/mol. The third kappa shape index (κ3) is 4.26. The SMILES string of the molecule is CCN1CCN(C(=O)[C@@H]2CCCN(S(=O)(=O)c3c(C)cc(C)cc3C)C2)CC1. The van der Waals surface area contributed by atoms with Crippen LogP contribution in [0.25, 0.3) is 0 Å². The molecule has 1 aromatic carbocycles. The van der Waals surface area contributed by atoms with E-state index in [2.05, 4.69) is 11.8 Å². The molecule has 2 saturated heterocycles. The molecule has 2 aliphatic heterocycles. The first-order valence-electron chi connectivity index (χ1n) is 10.3. The number of piperazine rings is 1. The molecule has 0 unspecified atom stereocenters. The van der Waals surface area contributed by atoms with Gasteiger partial charge < -0.3 is 9.80 Å². The third-order valence-electron chi connectivity index (χ3n) is 6.07. The van der Waals surface area contributed by atoms with E-state index >= 15 is 0 Å². The van der Waals surface area contributed by atoms with E-state index in [1.807, 2.05) is 37.8 Å². The van der Waals surface area contributed by atoms with Crippen LogP contribution in [0.1, 0.15) is 36.5 Å². The first-order chi connectivity index (χ1) is 13.2. The molecule has 1 amide bonds. The van der Waals surface area contributed by atoms with Gasteiger partial charge >= 0.3 is 0 Å². The van der Waals surface area contributed by atoms with E-state index in [-0.39, 0.29) is 11.8 Å². The Balaban J connectivity index is 1.75. The molecule has 1 atom stereocenters. The second kappa shape index (κ2) is 8.51. The number of sulfonamides is 1. The third-order valence-corrected chi connectivity index (χ3v) is 8.24. The van der Waals surface area contributed by atoms with Crippen LogP contribution in [0.3, 0.4) is 0 Å². The Morgan fingerprint density at radius 1 is 1.04 bits per heavy atom. The van der Waals surface area contributed by atoms with Crippen LogP contribution in [0, 0.1) is 26.7 Å². The van der Waals surface area contributed by atoms with E-state index in [4.69, 9.17) is 0 Å². The second-order valence-corrected chi connectivity index (χ2v) is 10.1. The number of rotatable bonds is 4. The highest BCUT2D eigenvalue weighted by Gasteiger charge is 2.36. The average Bonchev–Trinajstić information content (AvgIpc) is 2.66. The van der Waals surface area contributed by atoms with Crippen LogP contribution in [0.15, 0.2) is 17.0 Å². The summed E-state index contributed by atoms with van der Waals surface area (Å²) < 4.78 is 28.3. The molecule has 2 aliphatic rings. The summed E-state index contributed by atoms with van der Waals surface area (Å²) in [6.45, 7) is 12.9. The van der Waals surface area contributed by atoms with Crippen molar-refractivity contribution in [2.24, 2.45) is 5.92 Å². The van der Waals surface area contributed by atoms with Crippen LogP contribution in [-0.2, 0) is 14.8 Å². The highest BCUT2D eigenvalue weighted by Crippen LogP contribution is 2.29. The fourth-order valence-electron chi connectivity index (χ4n) is 4.61. The normalized spacial score (nSPS) is 22.4. The smallest absolute Gasteiger partial charge is 0.243 e. The molecule has 1 aromatic rings. The maximum absolute atomic E-state index is 13.4. The second-order valence-electron chi connectivity index (χ2n) is 8.19. The summed E-state index contributed by atoms with van der Waals surface area (Å²) in [6, 6.07) is 3.83. The van der Waals surface area contributed by atoms with Gasteiger partial charge in [-0.25, -0.2) is 8.42 Å². The molecule has 6 nitrogen and oxygen atoms in total.